The van der Waals surface area contributed by atoms with Gasteiger partial charge in [0, 0.05) is 18.5 Å². The Kier molecular flexibility index (Phi) is 5.68. The first-order valence-corrected chi connectivity index (χ1v) is 8.25. The van der Waals surface area contributed by atoms with Crippen LogP contribution in [-0.4, -0.2) is 18.5 Å². The van der Waals surface area contributed by atoms with Crippen LogP contribution in [0.4, 0.5) is 0 Å². The van der Waals surface area contributed by atoms with Gasteiger partial charge in [0.25, 0.3) is 0 Å². The molecule has 0 bridgehead atoms. The topological polar surface area (TPSA) is 55.1 Å². The van der Waals surface area contributed by atoms with E-state index in [1.54, 1.807) is 0 Å². The molecule has 3 nitrogen and oxygen atoms in total. The molecular formula is C16H30N2O. The van der Waals surface area contributed by atoms with Crippen LogP contribution in [0.2, 0.25) is 0 Å². The van der Waals surface area contributed by atoms with Crippen molar-refractivity contribution in [3.8, 4) is 0 Å². The van der Waals surface area contributed by atoms with Crippen molar-refractivity contribution in [2.75, 3.05) is 6.54 Å². The van der Waals surface area contributed by atoms with E-state index in [0.717, 1.165) is 18.8 Å². The van der Waals surface area contributed by atoms with Gasteiger partial charge in [-0.15, -0.1) is 0 Å². The van der Waals surface area contributed by atoms with E-state index in [2.05, 4.69) is 12.2 Å². The molecule has 3 heteroatoms. The minimum atomic E-state index is 0.205. The minimum absolute atomic E-state index is 0.205. The van der Waals surface area contributed by atoms with E-state index in [-0.39, 0.29) is 17.9 Å². The van der Waals surface area contributed by atoms with Gasteiger partial charge in [-0.05, 0) is 37.5 Å². The normalized spacial score (nSPS) is 23.9. The van der Waals surface area contributed by atoms with Crippen molar-refractivity contribution in [3.05, 3.63) is 0 Å². The molecule has 2 aliphatic carbocycles. The van der Waals surface area contributed by atoms with Crippen molar-refractivity contribution in [3.63, 3.8) is 0 Å². The molecule has 0 aliphatic heterocycles. The quantitative estimate of drug-likeness (QED) is 0.744. The maximum Gasteiger partial charge on any atom is 0.223 e. The van der Waals surface area contributed by atoms with Crippen LogP contribution in [-0.2, 0) is 4.79 Å². The number of rotatable bonds is 7. The second-order valence-electron chi connectivity index (χ2n) is 6.53. The summed E-state index contributed by atoms with van der Waals surface area (Å²) < 4.78 is 0. The smallest absolute Gasteiger partial charge is 0.223 e. The van der Waals surface area contributed by atoms with Gasteiger partial charge < -0.3 is 11.1 Å². The van der Waals surface area contributed by atoms with E-state index >= 15 is 0 Å². The van der Waals surface area contributed by atoms with Crippen molar-refractivity contribution < 1.29 is 4.79 Å². The molecule has 3 N–H and O–H groups in total. The molecule has 2 fully saturated rings. The summed E-state index contributed by atoms with van der Waals surface area (Å²) in [6.07, 6.45) is 11.3. The fraction of sp³-hybridized carbons (Fsp3) is 0.938. The lowest BCUT2D eigenvalue weighted by Gasteiger charge is -2.27. The summed E-state index contributed by atoms with van der Waals surface area (Å²) in [7, 11) is 0. The van der Waals surface area contributed by atoms with Gasteiger partial charge in [-0.2, -0.15) is 0 Å². The molecule has 0 radical (unpaired) electrons. The molecule has 2 unspecified atom stereocenters. The van der Waals surface area contributed by atoms with E-state index in [0.29, 0.717) is 12.5 Å². The van der Waals surface area contributed by atoms with Crippen LogP contribution in [0.3, 0.4) is 0 Å². The van der Waals surface area contributed by atoms with Gasteiger partial charge in [-0.1, -0.05) is 39.0 Å². The second kappa shape index (κ2) is 7.28. The maximum absolute atomic E-state index is 12.4. The highest BCUT2D eigenvalue weighted by Gasteiger charge is 2.33. The number of hydrogen-bond acceptors (Lipinski definition) is 2. The van der Waals surface area contributed by atoms with E-state index in [1.165, 1.54) is 44.9 Å². The van der Waals surface area contributed by atoms with Crippen molar-refractivity contribution in [1.82, 2.24) is 5.32 Å². The summed E-state index contributed by atoms with van der Waals surface area (Å²) in [6, 6.07) is 0.230. The fourth-order valence-corrected chi connectivity index (χ4v) is 3.45. The Hall–Kier alpha value is -0.570. The highest BCUT2D eigenvalue weighted by Crippen LogP contribution is 2.33. The SMILES string of the molecule is CCC(CC1CCCCC1)C(=O)NC(CN)C1CC1. The minimum Gasteiger partial charge on any atom is -0.352 e. The molecule has 2 saturated carbocycles. The lowest BCUT2D eigenvalue weighted by molar-refractivity contribution is -0.126. The Morgan fingerprint density at radius 1 is 1.21 bits per heavy atom. The zero-order valence-corrected chi connectivity index (χ0v) is 12.4. The van der Waals surface area contributed by atoms with E-state index in [9.17, 15) is 4.79 Å². The molecule has 0 heterocycles. The Morgan fingerprint density at radius 3 is 2.42 bits per heavy atom. The maximum atomic E-state index is 12.4. The fourth-order valence-electron chi connectivity index (χ4n) is 3.45. The first-order chi connectivity index (χ1) is 9.24. The molecule has 0 aromatic carbocycles. The number of nitrogens with two attached hydrogens (primary N) is 1. The average Bonchev–Trinajstić information content (AvgIpc) is 3.27. The van der Waals surface area contributed by atoms with Crippen LogP contribution in [0, 0.1) is 17.8 Å². The first kappa shape index (κ1) is 14.8. The number of carbonyl (C=O) groups is 1. The molecule has 19 heavy (non-hydrogen) atoms. The first-order valence-electron chi connectivity index (χ1n) is 8.25. The number of hydrogen-bond donors (Lipinski definition) is 2. The molecule has 0 spiro atoms. The van der Waals surface area contributed by atoms with Crippen LogP contribution < -0.4 is 11.1 Å². The summed E-state index contributed by atoms with van der Waals surface area (Å²) in [5.74, 6) is 1.90. The molecule has 2 aliphatic rings. The molecule has 2 atom stereocenters. The standard InChI is InChI=1S/C16H30N2O/c1-2-13(10-12-6-4-3-5-7-12)16(19)18-15(11-17)14-8-9-14/h12-15H,2-11,17H2,1H3,(H,18,19). The summed E-state index contributed by atoms with van der Waals surface area (Å²) in [4.78, 5) is 12.4. The van der Waals surface area contributed by atoms with Crippen molar-refractivity contribution in [1.29, 1.82) is 0 Å². The highest BCUT2D eigenvalue weighted by molar-refractivity contribution is 5.79. The van der Waals surface area contributed by atoms with Crippen LogP contribution in [0.25, 0.3) is 0 Å². The van der Waals surface area contributed by atoms with Gasteiger partial charge in [0.15, 0.2) is 0 Å². The molecule has 0 aromatic rings. The predicted molar refractivity (Wildman–Crippen MR) is 78.7 cm³/mol. The average molecular weight is 266 g/mol. The third-order valence-electron chi connectivity index (χ3n) is 4.98. The third-order valence-corrected chi connectivity index (χ3v) is 4.98. The zero-order valence-electron chi connectivity index (χ0n) is 12.4. The summed E-state index contributed by atoms with van der Waals surface area (Å²) >= 11 is 0. The molecule has 0 saturated heterocycles. The van der Waals surface area contributed by atoms with Crippen molar-refractivity contribution in [2.45, 2.75) is 70.8 Å². The Labute approximate surface area is 117 Å². The Morgan fingerprint density at radius 2 is 1.89 bits per heavy atom. The van der Waals surface area contributed by atoms with Gasteiger partial charge in [0.2, 0.25) is 5.91 Å². The molecule has 2 rings (SSSR count). The summed E-state index contributed by atoms with van der Waals surface area (Å²) in [6.45, 7) is 2.73. The predicted octanol–water partition coefficient (Wildman–Crippen LogP) is 2.84. The van der Waals surface area contributed by atoms with E-state index < -0.39 is 0 Å². The van der Waals surface area contributed by atoms with Gasteiger partial charge in [-0.25, -0.2) is 0 Å². The van der Waals surface area contributed by atoms with Crippen LogP contribution in [0.15, 0.2) is 0 Å². The van der Waals surface area contributed by atoms with Gasteiger partial charge in [0.1, 0.15) is 0 Å². The zero-order chi connectivity index (χ0) is 13.7. The van der Waals surface area contributed by atoms with Crippen LogP contribution >= 0.6 is 0 Å². The number of carbonyl (C=O) groups excluding carboxylic acids is 1. The highest BCUT2D eigenvalue weighted by atomic mass is 16.1. The molecule has 110 valence electrons. The van der Waals surface area contributed by atoms with Crippen LogP contribution in [0.1, 0.15) is 64.7 Å². The van der Waals surface area contributed by atoms with Crippen molar-refractivity contribution in [2.24, 2.45) is 23.5 Å². The van der Waals surface area contributed by atoms with Crippen molar-refractivity contribution >= 4 is 5.91 Å². The lowest BCUT2D eigenvalue weighted by atomic mass is 9.81. The van der Waals surface area contributed by atoms with Crippen LogP contribution in [0.5, 0.6) is 0 Å². The Bertz CT molecular complexity index is 282. The van der Waals surface area contributed by atoms with E-state index in [4.69, 9.17) is 5.73 Å². The van der Waals surface area contributed by atoms with Gasteiger partial charge >= 0.3 is 0 Å². The Balaban J connectivity index is 1.79. The molecule has 1 amide bonds. The molecule has 0 aromatic heterocycles. The largest absolute Gasteiger partial charge is 0.352 e. The molecular weight excluding hydrogens is 236 g/mol. The van der Waals surface area contributed by atoms with Gasteiger partial charge in [-0.3, -0.25) is 4.79 Å². The summed E-state index contributed by atoms with van der Waals surface area (Å²) in [5, 5.41) is 3.21. The lowest BCUT2D eigenvalue weighted by Crippen LogP contribution is -2.44. The summed E-state index contributed by atoms with van der Waals surface area (Å²) in [5.41, 5.74) is 5.77. The second-order valence-corrected chi connectivity index (χ2v) is 6.53. The number of amides is 1. The van der Waals surface area contributed by atoms with E-state index in [1.807, 2.05) is 0 Å². The third kappa shape index (κ3) is 4.48. The van der Waals surface area contributed by atoms with Gasteiger partial charge in [0.05, 0.1) is 0 Å². The monoisotopic (exact) mass is 266 g/mol. The number of nitrogens with one attached hydrogen (secondary N) is 1.